The highest BCUT2D eigenvalue weighted by molar-refractivity contribution is 7.88. The van der Waals surface area contributed by atoms with Crippen molar-refractivity contribution in [2.45, 2.75) is 19.2 Å². The maximum atomic E-state index is 12.0. The van der Waals surface area contributed by atoms with Crippen LogP contribution in [0.3, 0.4) is 0 Å². The third-order valence-corrected chi connectivity index (χ3v) is 4.78. The fraction of sp³-hybridized carbons (Fsp3) is 0.250. The van der Waals surface area contributed by atoms with Crippen molar-refractivity contribution in [3.63, 3.8) is 0 Å². The third kappa shape index (κ3) is 4.77. The Hall–Kier alpha value is -2.45. The van der Waals surface area contributed by atoms with Crippen molar-refractivity contribution in [1.82, 2.24) is 15.0 Å². The molecule has 0 unspecified atom stereocenters. The maximum Gasteiger partial charge on any atom is 0.260 e. The SMILES string of the molecule is CNS(=O)(=O)Cc1ccc(CNC(=O)c2ccc(C)[nH]c2=O)cc1. The molecule has 7 nitrogen and oxygen atoms in total. The van der Waals surface area contributed by atoms with Gasteiger partial charge in [0.25, 0.3) is 11.5 Å². The molecule has 0 fully saturated rings. The fourth-order valence-corrected chi connectivity index (χ4v) is 2.85. The molecule has 24 heavy (non-hydrogen) atoms. The number of carbonyl (C=O) groups excluding carboxylic acids is 1. The highest BCUT2D eigenvalue weighted by atomic mass is 32.2. The van der Waals surface area contributed by atoms with Crippen molar-refractivity contribution >= 4 is 15.9 Å². The summed E-state index contributed by atoms with van der Waals surface area (Å²) in [4.78, 5) is 26.3. The Morgan fingerprint density at radius 3 is 2.29 bits per heavy atom. The van der Waals surface area contributed by atoms with Gasteiger partial charge in [-0.2, -0.15) is 0 Å². The average Bonchev–Trinajstić information content (AvgIpc) is 2.53. The molecule has 0 radical (unpaired) electrons. The number of pyridine rings is 1. The zero-order valence-corrected chi connectivity index (χ0v) is 14.2. The van der Waals surface area contributed by atoms with Crippen LogP contribution in [0.25, 0.3) is 0 Å². The smallest absolute Gasteiger partial charge is 0.260 e. The van der Waals surface area contributed by atoms with Crippen molar-refractivity contribution in [3.05, 3.63) is 69.1 Å². The van der Waals surface area contributed by atoms with Gasteiger partial charge < -0.3 is 10.3 Å². The van der Waals surface area contributed by atoms with E-state index in [2.05, 4.69) is 15.0 Å². The van der Waals surface area contributed by atoms with Crippen LogP contribution < -0.4 is 15.6 Å². The first-order chi connectivity index (χ1) is 11.3. The van der Waals surface area contributed by atoms with Crippen molar-refractivity contribution in [2.24, 2.45) is 0 Å². The minimum absolute atomic E-state index is 0.0531. The van der Waals surface area contributed by atoms with Gasteiger partial charge in [0, 0.05) is 12.2 Å². The van der Waals surface area contributed by atoms with E-state index < -0.39 is 21.5 Å². The molecule has 1 heterocycles. The fourth-order valence-electron chi connectivity index (χ4n) is 2.07. The Bertz CT molecular complexity index is 886. The van der Waals surface area contributed by atoms with E-state index in [-0.39, 0.29) is 17.9 Å². The predicted molar refractivity (Wildman–Crippen MR) is 91.1 cm³/mol. The molecule has 0 spiro atoms. The molecule has 3 N–H and O–H groups in total. The van der Waals surface area contributed by atoms with Gasteiger partial charge >= 0.3 is 0 Å². The predicted octanol–water partition coefficient (Wildman–Crippen LogP) is 0.663. The van der Waals surface area contributed by atoms with E-state index in [0.717, 1.165) is 5.56 Å². The molecule has 2 rings (SSSR count). The van der Waals surface area contributed by atoms with E-state index in [1.54, 1.807) is 37.3 Å². The van der Waals surface area contributed by atoms with E-state index in [4.69, 9.17) is 0 Å². The zero-order valence-electron chi connectivity index (χ0n) is 13.4. The van der Waals surface area contributed by atoms with E-state index in [9.17, 15) is 18.0 Å². The molecule has 1 aromatic carbocycles. The summed E-state index contributed by atoms with van der Waals surface area (Å²) in [5, 5.41) is 2.66. The normalized spacial score (nSPS) is 11.2. The topological polar surface area (TPSA) is 108 Å². The van der Waals surface area contributed by atoms with Crippen molar-refractivity contribution in [2.75, 3.05) is 7.05 Å². The number of carbonyl (C=O) groups is 1. The number of aromatic amines is 1. The van der Waals surface area contributed by atoms with Crippen LogP contribution in [-0.4, -0.2) is 26.4 Å². The van der Waals surface area contributed by atoms with Crippen LogP contribution in [0.4, 0.5) is 0 Å². The highest BCUT2D eigenvalue weighted by Crippen LogP contribution is 2.08. The Balaban J connectivity index is 1.99. The van der Waals surface area contributed by atoms with E-state index in [1.165, 1.54) is 13.1 Å². The molecule has 1 amide bonds. The monoisotopic (exact) mass is 349 g/mol. The van der Waals surface area contributed by atoms with Gasteiger partial charge in [-0.05, 0) is 37.2 Å². The van der Waals surface area contributed by atoms with Crippen molar-refractivity contribution in [1.29, 1.82) is 0 Å². The minimum Gasteiger partial charge on any atom is -0.348 e. The van der Waals surface area contributed by atoms with Gasteiger partial charge in [0.1, 0.15) is 5.56 Å². The van der Waals surface area contributed by atoms with Crippen LogP contribution in [0, 0.1) is 6.92 Å². The van der Waals surface area contributed by atoms with E-state index >= 15 is 0 Å². The quantitative estimate of drug-likeness (QED) is 0.712. The molecule has 0 saturated heterocycles. The molecular formula is C16H19N3O4S. The summed E-state index contributed by atoms with van der Waals surface area (Å²) in [6.45, 7) is 1.98. The maximum absolute atomic E-state index is 12.0. The summed E-state index contributed by atoms with van der Waals surface area (Å²) in [5.41, 5.74) is 1.76. The van der Waals surface area contributed by atoms with Gasteiger partial charge in [-0.25, -0.2) is 13.1 Å². The number of hydrogen-bond donors (Lipinski definition) is 3. The first-order valence-electron chi connectivity index (χ1n) is 7.28. The van der Waals surface area contributed by atoms with E-state index in [0.29, 0.717) is 11.3 Å². The standard InChI is InChI=1S/C16H19N3O4S/c1-11-3-8-14(16(21)19-11)15(20)18-9-12-4-6-13(7-5-12)10-24(22,23)17-2/h3-8,17H,9-10H2,1-2H3,(H,18,20)(H,19,21). The number of aryl methyl sites for hydroxylation is 1. The number of benzene rings is 1. The van der Waals surface area contributed by atoms with Crippen LogP contribution in [0.2, 0.25) is 0 Å². The van der Waals surface area contributed by atoms with Crippen LogP contribution in [0.5, 0.6) is 0 Å². The summed E-state index contributed by atoms with van der Waals surface area (Å²) in [6.07, 6.45) is 0. The number of nitrogens with one attached hydrogen (secondary N) is 3. The van der Waals surface area contributed by atoms with Gasteiger partial charge in [0.2, 0.25) is 10.0 Å². The number of sulfonamides is 1. The van der Waals surface area contributed by atoms with Crippen LogP contribution in [0.1, 0.15) is 27.2 Å². The van der Waals surface area contributed by atoms with Gasteiger partial charge in [-0.15, -0.1) is 0 Å². The Morgan fingerprint density at radius 2 is 1.71 bits per heavy atom. The van der Waals surface area contributed by atoms with Gasteiger partial charge in [-0.1, -0.05) is 24.3 Å². The molecule has 8 heteroatoms. The Morgan fingerprint density at radius 1 is 1.08 bits per heavy atom. The van der Waals surface area contributed by atoms with Crippen LogP contribution in [-0.2, 0) is 22.3 Å². The summed E-state index contributed by atoms with van der Waals surface area (Å²) < 4.78 is 25.2. The minimum atomic E-state index is -3.31. The lowest BCUT2D eigenvalue weighted by Gasteiger charge is -2.07. The van der Waals surface area contributed by atoms with Crippen LogP contribution in [0.15, 0.2) is 41.2 Å². The average molecular weight is 349 g/mol. The van der Waals surface area contributed by atoms with Gasteiger partial charge in [0.05, 0.1) is 5.75 Å². The van der Waals surface area contributed by atoms with E-state index in [1.807, 2.05) is 0 Å². The highest BCUT2D eigenvalue weighted by Gasteiger charge is 2.11. The summed E-state index contributed by atoms with van der Waals surface area (Å²) in [5.74, 6) is -0.562. The lowest BCUT2D eigenvalue weighted by Crippen LogP contribution is -2.29. The summed E-state index contributed by atoms with van der Waals surface area (Å²) >= 11 is 0. The molecule has 0 aliphatic carbocycles. The number of hydrogen-bond acceptors (Lipinski definition) is 4. The zero-order chi connectivity index (χ0) is 17.7. The van der Waals surface area contributed by atoms with Gasteiger partial charge in [0.15, 0.2) is 0 Å². The van der Waals surface area contributed by atoms with Gasteiger partial charge in [-0.3, -0.25) is 9.59 Å². The molecule has 0 aliphatic rings. The second-order valence-corrected chi connectivity index (χ2v) is 7.27. The summed E-state index contributed by atoms with van der Waals surface area (Å²) in [7, 11) is -1.95. The summed E-state index contributed by atoms with van der Waals surface area (Å²) in [6, 6.07) is 9.99. The molecular weight excluding hydrogens is 330 g/mol. The largest absolute Gasteiger partial charge is 0.348 e. The lowest BCUT2D eigenvalue weighted by atomic mass is 10.1. The first-order valence-corrected chi connectivity index (χ1v) is 8.93. The lowest BCUT2D eigenvalue weighted by molar-refractivity contribution is 0.0949. The molecule has 0 aliphatic heterocycles. The Labute approximate surface area is 140 Å². The van der Waals surface area contributed by atoms with Crippen LogP contribution >= 0.6 is 0 Å². The third-order valence-electron chi connectivity index (χ3n) is 3.44. The number of aromatic nitrogens is 1. The van der Waals surface area contributed by atoms with Crippen molar-refractivity contribution in [3.8, 4) is 0 Å². The number of rotatable bonds is 6. The molecule has 1 aromatic heterocycles. The second-order valence-electron chi connectivity index (χ2n) is 5.35. The molecule has 2 aromatic rings. The Kier molecular flexibility index (Phi) is 5.53. The molecule has 0 atom stereocenters. The molecule has 0 bridgehead atoms. The number of amides is 1. The molecule has 128 valence electrons. The first kappa shape index (κ1) is 17.9. The van der Waals surface area contributed by atoms with Crippen molar-refractivity contribution < 1.29 is 13.2 Å². The second kappa shape index (κ2) is 7.41. The number of H-pyrrole nitrogens is 1. The molecule has 0 saturated carbocycles.